The van der Waals surface area contributed by atoms with Crippen LogP contribution in [-0.2, 0) is 0 Å². The van der Waals surface area contributed by atoms with E-state index in [9.17, 15) is 27.5 Å². The second-order valence-corrected chi connectivity index (χ2v) is 6.09. The van der Waals surface area contributed by atoms with E-state index in [1.54, 1.807) is 0 Å². The lowest BCUT2D eigenvalue weighted by Gasteiger charge is -2.30. The number of carbonyl (C=O) groups is 1. The summed E-state index contributed by atoms with van der Waals surface area (Å²) in [5, 5.41) is 13.2. The van der Waals surface area contributed by atoms with Gasteiger partial charge in [-0.05, 0) is 30.2 Å². The van der Waals surface area contributed by atoms with E-state index in [2.05, 4.69) is 5.10 Å². The van der Waals surface area contributed by atoms with Crippen molar-refractivity contribution in [1.82, 2.24) is 5.01 Å². The molecule has 1 aromatic rings. The van der Waals surface area contributed by atoms with E-state index in [1.807, 2.05) is 13.8 Å². The smallest absolute Gasteiger partial charge is 0.287 e. The molecule has 1 N–H and O–H groups in total. The quantitative estimate of drug-likeness (QED) is 0.791. The van der Waals surface area contributed by atoms with Crippen molar-refractivity contribution < 1.29 is 32.2 Å². The summed E-state index contributed by atoms with van der Waals surface area (Å²) in [5.41, 5.74) is -4.14. The number of benzene rings is 1. The Labute approximate surface area is 141 Å². The molecule has 1 aliphatic heterocycles. The number of ether oxygens (including phenoxy) is 1. The lowest BCUT2D eigenvalue weighted by Crippen LogP contribution is -2.51. The van der Waals surface area contributed by atoms with Crippen molar-refractivity contribution in [2.24, 2.45) is 11.0 Å². The zero-order chi connectivity index (χ0) is 18.8. The van der Waals surface area contributed by atoms with Crippen LogP contribution in [0.15, 0.2) is 29.4 Å². The predicted octanol–water partition coefficient (Wildman–Crippen LogP) is 3.14. The fourth-order valence-corrected chi connectivity index (χ4v) is 2.18. The highest BCUT2D eigenvalue weighted by molar-refractivity contribution is 5.99. The highest BCUT2D eigenvalue weighted by atomic mass is 19.3. The van der Waals surface area contributed by atoms with Gasteiger partial charge < -0.3 is 9.84 Å². The summed E-state index contributed by atoms with van der Waals surface area (Å²) < 4.78 is 57.2. The number of rotatable bonds is 6. The molecule has 0 aromatic heterocycles. The van der Waals surface area contributed by atoms with E-state index in [1.165, 1.54) is 24.3 Å². The van der Waals surface area contributed by atoms with Crippen LogP contribution in [0.1, 0.15) is 30.6 Å². The number of halogens is 4. The van der Waals surface area contributed by atoms with Crippen molar-refractivity contribution in [2.75, 3.05) is 6.61 Å². The van der Waals surface area contributed by atoms with Gasteiger partial charge in [0.05, 0.1) is 6.61 Å². The van der Waals surface area contributed by atoms with Crippen LogP contribution in [-0.4, -0.2) is 46.9 Å². The molecular formula is C16H18F4N2O3. The molecule has 0 bridgehead atoms. The third kappa shape index (κ3) is 4.09. The minimum atomic E-state index is -3.45. The number of carbonyl (C=O) groups excluding carboxylic acids is 1. The molecule has 2 rings (SSSR count). The van der Waals surface area contributed by atoms with Gasteiger partial charge in [0.2, 0.25) is 5.72 Å². The maximum atomic E-state index is 13.1. The Morgan fingerprint density at radius 2 is 1.88 bits per heavy atom. The molecule has 0 saturated carbocycles. The fourth-order valence-electron chi connectivity index (χ4n) is 2.18. The molecule has 1 aliphatic rings. The van der Waals surface area contributed by atoms with Gasteiger partial charge in [-0.3, -0.25) is 4.79 Å². The Hall–Kier alpha value is -2.16. The first-order chi connectivity index (χ1) is 11.6. The molecule has 25 heavy (non-hydrogen) atoms. The van der Waals surface area contributed by atoms with Gasteiger partial charge in [0.25, 0.3) is 18.8 Å². The molecule has 9 heteroatoms. The van der Waals surface area contributed by atoms with E-state index in [0.717, 1.165) is 0 Å². The molecule has 0 fully saturated rings. The number of hydrogen-bond acceptors (Lipinski definition) is 4. The number of nitrogens with zero attached hydrogens (tertiary/aromatic N) is 2. The van der Waals surface area contributed by atoms with E-state index in [-0.39, 0.29) is 16.5 Å². The van der Waals surface area contributed by atoms with Gasteiger partial charge >= 0.3 is 0 Å². The first kappa shape index (κ1) is 19.2. The number of hydrazone groups is 1. The first-order valence-corrected chi connectivity index (χ1v) is 7.58. The van der Waals surface area contributed by atoms with Crippen LogP contribution in [0.25, 0.3) is 0 Å². The van der Waals surface area contributed by atoms with Crippen LogP contribution >= 0.6 is 0 Å². The molecule has 0 spiro atoms. The van der Waals surface area contributed by atoms with Gasteiger partial charge in [-0.25, -0.2) is 17.6 Å². The van der Waals surface area contributed by atoms with Gasteiger partial charge in [-0.1, -0.05) is 13.8 Å². The number of hydrogen-bond donors (Lipinski definition) is 1. The summed E-state index contributed by atoms with van der Waals surface area (Å²) in [4.78, 5) is 12.4. The molecule has 0 saturated heterocycles. The summed E-state index contributed by atoms with van der Waals surface area (Å²) in [6.45, 7) is 4.36. The lowest BCUT2D eigenvalue weighted by molar-refractivity contribution is -0.164. The topological polar surface area (TPSA) is 62.1 Å². The Bertz CT molecular complexity index is 649. The molecule has 1 atom stereocenters. The van der Waals surface area contributed by atoms with Gasteiger partial charge in [0.15, 0.2) is 0 Å². The first-order valence-electron chi connectivity index (χ1n) is 7.58. The Balaban J connectivity index is 2.22. The third-order valence-corrected chi connectivity index (χ3v) is 3.51. The summed E-state index contributed by atoms with van der Waals surface area (Å²) in [5.74, 6) is -0.351. The summed E-state index contributed by atoms with van der Waals surface area (Å²) in [6.07, 6.45) is -7.70. The van der Waals surface area contributed by atoms with Crippen molar-refractivity contribution in [3.63, 3.8) is 0 Å². The molecule has 5 nitrogen and oxygen atoms in total. The van der Waals surface area contributed by atoms with Gasteiger partial charge in [0.1, 0.15) is 11.5 Å². The normalized spacial score (nSPS) is 20.6. The van der Waals surface area contributed by atoms with E-state index < -0.39 is 36.6 Å². The van der Waals surface area contributed by atoms with Crippen molar-refractivity contribution in [2.45, 2.75) is 38.8 Å². The number of alkyl halides is 4. The molecule has 0 aliphatic carbocycles. The van der Waals surface area contributed by atoms with Gasteiger partial charge in [0, 0.05) is 12.0 Å². The maximum absolute atomic E-state index is 13.1. The monoisotopic (exact) mass is 362 g/mol. The third-order valence-electron chi connectivity index (χ3n) is 3.51. The molecule has 138 valence electrons. The summed E-state index contributed by atoms with van der Waals surface area (Å²) in [7, 11) is 0. The zero-order valence-electron chi connectivity index (χ0n) is 13.6. The minimum Gasteiger partial charge on any atom is -0.493 e. The Morgan fingerprint density at radius 1 is 1.28 bits per heavy atom. The largest absolute Gasteiger partial charge is 0.493 e. The highest BCUT2D eigenvalue weighted by Crippen LogP contribution is 2.34. The minimum absolute atomic E-state index is 0.0309. The molecule has 1 unspecified atom stereocenters. The zero-order valence-corrected chi connectivity index (χ0v) is 13.6. The SMILES string of the molecule is CC(C)COc1ccc(C(=O)N2N=C(C(F)F)CC2(O)C(F)F)cc1. The van der Waals surface area contributed by atoms with E-state index >= 15 is 0 Å². The summed E-state index contributed by atoms with van der Waals surface area (Å²) >= 11 is 0. The average Bonchev–Trinajstić information content (AvgIpc) is 2.92. The van der Waals surface area contributed by atoms with Crippen LogP contribution in [0.3, 0.4) is 0 Å². The van der Waals surface area contributed by atoms with Gasteiger partial charge in [-0.15, -0.1) is 0 Å². The second-order valence-electron chi connectivity index (χ2n) is 6.09. The van der Waals surface area contributed by atoms with Crippen LogP contribution in [0, 0.1) is 5.92 Å². The van der Waals surface area contributed by atoms with E-state index in [0.29, 0.717) is 12.4 Å². The molecule has 1 heterocycles. The van der Waals surface area contributed by atoms with Crippen molar-refractivity contribution >= 4 is 11.6 Å². The summed E-state index contributed by atoms with van der Waals surface area (Å²) in [6, 6.07) is 5.48. The lowest BCUT2D eigenvalue weighted by atomic mass is 10.1. The fraction of sp³-hybridized carbons (Fsp3) is 0.500. The molecule has 1 amide bonds. The van der Waals surface area contributed by atoms with E-state index in [4.69, 9.17) is 4.74 Å². The van der Waals surface area contributed by atoms with Crippen LogP contribution < -0.4 is 4.74 Å². The molecule has 1 aromatic carbocycles. The second kappa shape index (κ2) is 7.38. The highest BCUT2D eigenvalue weighted by Gasteiger charge is 2.53. The van der Waals surface area contributed by atoms with Crippen LogP contribution in [0.5, 0.6) is 5.75 Å². The Kier molecular flexibility index (Phi) is 5.66. The predicted molar refractivity (Wildman–Crippen MR) is 82.0 cm³/mol. The Morgan fingerprint density at radius 3 is 2.36 bits per heavy atom. The van der Waals surface area contributed by atoms with Crippen molar-refractivity contribution in [1.29, 1.82) is 0 Å². The van der Waals surface area contributed by atoms with Crippen molar-refractivity contribution in [3.8, 4) is 5.75 Å². The van der Waals surface area contributed by atoms with Crippen molar-refractivity contribution in [3.05, 3.63) is 29.8 Å². The maximum Gasteiger partial charge on any atom is 0.287 e. The van der Waals surface area contributed by atoms with Crippen LogP contribution in [0.4, 0.5) is 17.6 Å². The average molecular weight is 362 g/mol. The number of aliphatic hydroxyl groups is 1. The standard InChI is InChI=1S/C16H18F4N2O3/c1-9(2)8-25-11-5-3-10(4-6-11)14(23)22-16(24,15(19)20)7-12(21-22)13(17)18/h3-6,9,13,15,24H,7-8H2,1-2H3. The molecular weight excluding hydrogens is 344 g/mol. The van der Waals surface area contributed by atoms with Gasteiger partial charge in [-0.2, -0.15) is 10.1 Å². The number of amides is 1. The molecule has 0 radical (unpaired) electrons. The van der Waals surface area contributed by atoms with Crippen LogP contribution in [0.2, 0.25) is 0 Å².